The van der Waals surface area contributed by atoms with Gasteiger partial charge in [0.05, 0.1) is 27.7 Å². The van der Waals surface area contributed by atoms with Crippen molar-refractivity contribution in [2.45, 2.75) is 17.2 Å². The first-order valence-corrected chi connectivity index (χ1v) is 9.48. The van der Waals surface area contributed by atoms with Gasteiger partial charge in [-0.3, -0.25) is 10.1 Å². The van der Waals surface area contributed by atoms with Crippen LogP contribution in [0.4, 0.5) is 20.2 Å². The molecule has 0 atom stereocenters. The molecule has 0 bridgehead atoms. The van der Waals surface area contributed by atoms with Crippen LogP contribution in [0.3, 0.4) is 0 Å². The van der Waals surface area contributed by atoms with Gasteiger partial charge in [0.15, 0.2) is 0 Å². The van der Waals surface area contributed by atoms with Crippen molar-refractivity contribution in [3.8, 4) is 5.69 Å². The smallest absolute Gasteiger partial charge is 0.341 e. The third kappa shape index (κ3) is 3.98. The van der Waals surface area contributed by atoms with Crippen molar-refractivity contribution < 1.29 is 22.1 Å². The molecule has 2 aromatic carbocycles. The standard InChI is InChI=1S/C17H14F2N4O4S/c18-17(19)28(26,27)14-6-7-15(16(10-14)23(24)25)20-11-12-8-9-22(21-12)13-4-2-1-3-5-13/h1-10,17,20H,11H2. The molecule has 0 amide bonds. The normalized spacial score (nSPS) is 11.5. The molecule has 11 heteroatoms. The number of sulfone groups is 1. The molecule has 0 aliphatic rings. The molecular weight excluding hydrogens is 394 g/mol. The van der Waals surface area contributed by atoms with Gasteiger partial charge in [-0.15, -0.1) is 0 Å². The Balaban J connectivity index is 1.81. The van der Waals surface area contributed by atoms with E-state index in [2.05, 4.69) is 10.4 Å². The zero-order chi connectivity index (χ0) is 20.3. The molecule has 0 fully saturated rings. The van der Waals surface area contributed by atoms with Crippen molar-refractivity contribution in [1.82, 2.24) is 9.78 Å². The van der Waals surface area contributed by atoms with Gasteiger partial charge in [0.1, 0.15) is 5.69 Å². The number of nitro groups is 1. The largest absolute Gasteiger partial charge is 0.374 e. The predicted octanol–water partition coefficient (Wildman–Crippen LogP) is 3.39. The molecule has 0 aliphatic carbocycles. The average molecular weight is 408 g/mol. The molecule has 146 valence electrons. The predicted molar refractivity (Wildman–Crippen MR) is 97.2 cm³/mol. The quantitative estimate of drug-likeness (QED) is 0.474. The Morgan fingerprint density at radius 3 is 2.50 bits per heavy atom. The van der Waals surface area contributed by atoms with E-state index in [0.717, 1.165) is 17.8 Å². The second kappa shape index (κ2) is 7.72. The van der Waals surface area contributed by atoms with Crippen molar-refractivity contribution in [2.75, 3.05) is 5.32 Å². The number of para-hydroxylation sites is 1. The van der Waals surface area contributed by atoms with Crippen molar-refractivity contribution >= 4 is 21.2 Å². The van der Waals surface area contributed by atoms with Gasteiger partial charge >= 0.3 is 5.76 Å². The van der Waals surface area contributed by atoms with Gasteiger partial charge in [0, 0.05) is 12.3 Å². The summed E-state index contributed by atoms with van der Waals surface area (Å²) >= 11 is 0. The SMILES string of the molecule is O=[N+]([O-])c1cc(S(=O)(=O)C(F)F)ccc1NCc1ccn(-c2ccccc2)n1. The van der Waals surface area contributed by atoms with Crippen LogP contribution in [-0.4, -0.2) is 28.9 Å². The summed E-state index contributed by atoms with van der Waals surface area (Å²) in [6.45, 7) is 0.113. The molecule has 8 nitrogen and oxygen atoms in total. The molecule has 0 radical (unpaired) electrons. The van der Waals surface area contributed by atoms with Gasteiger partial charge in [-0.05, 0) is 30.3 Å². The molecule has 0 unspecified atom stereocenters. The summed E-state index contributed by atoms with van der Waals surface area (Å²) in [6.07, 6.45) is 1.72. The lowest BCUT2D eigenvalue weighted by Gasteiger charge is -2.08. The fourth-order valence-electron chi connectivity index (χ4n) is 2.46. The Hall–Kier alpha value is -3.34. The van der Waals surface area contributed by atoms with E-state index in [9.17, 15) is 27.3 Å². The highest BCUT2D eigenvalue weighted by Crippen LogP contribution is 2.30. The molecule has 0 spiro atoms. The molecule has 0 aliphatic heterocycles. The second-order valence-electron chi connectivity index (χ2n) is 5.68. The van der Waals surface area contributed by atoms with E-state index >= 15 is 0 Å². The number of halogens is 2. The van der Waals surface area contributed by atoms with Crippen molar-refractivity contribution in [3.05, 3.63) is 76.6 Å². The molecule has 3 rings (SSSR count). The Labute approximate surface area is 158 Å². The van der Waals surface area contributed by atoms with Gasteiger partial charge in [-0.25, -0.2) is 13.1 Å². The van der Waals surface area contributed by atoms with E-state index in [1.54, 1.807) is 16.9 Å². The highest BCUT2D eigenvalue weighted by molar-refractivity contribution is 7.91. The lowest BCUT2D eigenvalue weighted by Crippen LogP contribution is -2.12. The van der Waals surface area contributed by atoms with Gasteiger partial charge in [-0.1, -0.05) is 18.2 Å². The maximum Gasteiger partial charge on any atom is 0.341 e. The summed E-state index contributed by atoms with van der Waals surface area (Å²) in [4.78, 5) is 9.58. The summed E-state index contributed by atoms with van der Waals surface area (Å²) in [5.74, 6) is -3.66. The number of aromatic nitrogens is 2. The summed E-state index contributed by atoms with van der Waals surface area (Å²) in [5.41, 5.74) is 0.778. The number of benzene rings is 2. The zero-order valence-electron chi connectivity index (χ0n) is 14.2. The molecule has 3 aromatic rings. The summed E-state index contributed by atoms with van der Waals surface area (Å²) < 4.78 is 50.0. The molecular formula is C17H14F2N4O4S. The van der Waals surface area contributed by atoms with Crippen LogP contribution >= 0.6 is 0 Å². The summed E-state index contributed by atoms with van der Waals surface area (Å²) in [5, 5.41) is 18.4. The van der Waals surface area contributed by atoms with E-state index in [1.807, 2.05) is 30.3 Å². The highest BCUT2D eigenvalue weighted by atomic mass is 32.2. The Bertz CT molecular complexity index is 1100. The molecule has 1 N–H and O–H groups in total. The van der Waals surface area contributed by atoms with Crippen molar-refractivity contribution in [1.29, 1.82) is 0 Å². The maximum absolute atomic E-state index is 12.7. The van der Waals surface area contributed by atoms with Crippen LogP contribution in [0, 0.1) is 10.1 Å². The topological polar surface area (TPSA) is 107 Å². The van der Waals surface area contributed by atoms with Crippen LogP contribution in [0.2, 0.25) is 0 Å². The van der Waals surface area contributed by atoms with E-state index < -0.39 is 31.1 Å². The molecule has 1 aromatic heterocycles. The van der Waals surface area contributed by atoms with Crippen molar-refractivity contribution in [2.24, 2.45) is 0 Å². The minimum absolute atomic E-state index is 0.00697. The minimum atomic E-state index is -4.93. The van der Waals surface area contributed by atoms with Gasteiger partial charge in [-0.2, -0.15) is 13.9 Å². The van der Waals surface area contributed by atoms with E-state index in [-0.39, 0.29) is 12.2 Å². The van der Waals surface area contributed by atoms with Crippen LogP contribution in [-0.2, 0) is 16.4 Å². The fraction of sp³-hybridized carbons (Fsp3) is 0.118. The monoisotopic (exact) mass is 408 g/mol. The number of nitrogens with zero attached hydrogens (tertiary/aromatic N) is 3. The minimum Gasteiger partial charge on any atom is -0.374 e. The first-order valence-electron chi connectivity index (χ1n) is 7.93. The van der Waals surface area contributed by atoms with Gasteiger partial charge < -0.3 is 5.32 Å². The number of alkyl halides is 2. The van der Waals surface area contributed by atoms with Crippen LogP contribution in [0.5, 0.6) is 0 Å². The maximum atomic E-state index is 12.7. The number of hydrogen-bond acceptors (Lipinski definition) is 6. The molecule has 0 saturated heterocycles. The average Bonchev–Trinajstić information content (AvgIpc) is 3.15. The third-order valence-corrected chi connectivity index (χ3v) is 5.23. The first-order chi connectivity index (χ1) is 13.3. The van der Waals surface area contributed by atoms with E-state index in [0.29, 0.717) is 11.8 Å². The first kappa shape index (κ1) is 19.4. The Morgan fingerprint density at radius 2 is 1.86 bits per heavy atom. The van der Waals surface area contributed by atoms with Crippen molar-refractivity contribution in [3.63, 3.8) is 0 Å². The Morgan fingerprint density at radius 1 is 1.14 bits per heavy atom. The van der Waals surface area contributed by atoms with Gasteiger partial charge in [0.2, 0.25) is 9.84 Å². The summed E-state index contributed by atoms with van der Waals surface area (Å²) in [7, 11) is -4.93. The lowest BCUT2D eigenvalue weighted by atomic mass is 10.2. The lowest BCUT2D eigenvalue weighted by molar-refractivity contribution is -0.384. The van der Waals surface area contributed by atoms with Crippen LogP contribution in [0.25, 0.3) is 5.69 Å². The van der Waals surface area contributed by atoms with Gasteiger partial charge in [0.25, 0.3) is 5.69 Å². The summed E-state index contributed by atoms with van der Waals surface area (Å²) in [6, 6.07) is 13.6. The number of anilines is 1. The highest BCUT2D eigenvalue weighted by Gasteiger charge is 2.29. The van der Waals surface area contributed by atoms with Crippen LogP contribution < -0.4 is 5.32 Å². The fourth-order valence-corrected chi connectivity index (χ4v) is 3.20. The third-order valence-electron chi connectivity index (χ3n) is 3.85. The molecule has 28 heavy (non-hydrogen) atoms. The number of nitrogens with one attached hydrogen (secondary N) is 1. The van der Waals surface area contributed by atoms with E-state index in [1.165, 1.54) is 0 Å². The molecule has 0 saturated carbocycles. The second-order valence-corrected chi connectivity index (χ2v) is 7.60. The van der Waals surface area contributed by atoms with Crippen LogP contribution in [0.1, 0.15) is 5.69 Å². The van der Waals surface area contributed by atoms with E-state index in [4.69, 9.17) is 0 Å². The number of nitro benzene ring substituents is 1. The zero-order valence-corrected chi connectivity index (χ0v) is 15.0. The number of rotatable bonds is 7. The van der Waals surface area contributed by atoms with Crippen LogP contribution in [0.15, 0.2) is 65.7 Å². The number of hydrogen-bond donors (Lipinski definition) is 1. The Kier molecular flexibility index (Phi) is 5.36. The molecule has 1 heterocycles.